The fraction of sp³-hybridized carbons (Fsp3) is 0.421. The molecule has 0 aliphatic heterocycles. The Morgan fingerprint density at radius 3 is 2.38 bits per heavy atom. The highest BCUT2D eigenvalue weighted by Crippen LogP contribution is 2.14. The highest BCUT2D eigenvalue weighted by Gasteiger charge is 2.21. The van der Waals surface area contributed by atoms with E-state index in [0.717, 1.165) is 6.42 Å². The molecule has 0 aromatic heterocycles. The van der Waals surface area contributed by atoms with Crippen molar-refractivity contribution in [2.75, 3.05) is 13.2 Å². The Balaban J connectivity index is 2.42. The summed E-state index contributed by atoms with van der Waals surface area (Å²) in [6.45, 7) is 3.36. The van der Waals surface area contributed by atoms with Gasteiger partial charge in [0.15, 0.2) is 18.2 Å². The highest BCUT2D eigenvalue weighted by molar-refractivity contribution is 6.06. The van der Waals surface area contributed by atoms with Gasteiger partial charge in [-0.2, -0.15) is 5.26 Å². The van der Waals surface area contributed by atoms with E-state index < -0.39 is 24.3 Å². The maximum absolute atomic E-state index is 12.1. The van der Waals surface area contributed by atoms with Gasteiger partial charge in [-0.05, 0) is 37.6 Å². The number of rotatable bonds is 11. The second-order valence-electron chi connectivity index (χ2n) is 5.67. The number of Topliss-reactive ketones (excluding diaryl/α,β-unsaturated/α-hetero) is 2. The SMILES string of the molecule is CCCOc1ccc(C(=O)CCC(=O)OCC(=O)[C@@H](C#N)C(C)=N)cc1. The monoisotopic (exact) mass is 358 g/mol. The summed E-state index contributed by atoms with van der Waals surface area (Å²) in [5, 5.41) is 16.1. The minimum atomic E-state index is -1.21. The van der Waals surface area contributed by atoms with Crippen molar-refractivity contribution in [2.24, 2.45) is 5.92 Å². The molecule has 0 heterocycles. The first-order valence-electron chi connectivity index (χ1n) is 8.28. The molecule has 0 bridgehead atoms. The van der Waals surface area contributed by atoms with Crippen molar-refractivity contribution in [3.63, 3.8) is 0 Å². The van der Waals surface area contributed by atoms with E-state index in [0.29, 0.717) is 17.9 Å². The summed E-state index contributed by atoms with van der Waals surface area (Å²) in [6, 6.07) is 8.34. The first-order valence-corrected chi connectivity index (χ1v) is 8.28. The van der Waals surface area contributed by atoms with E-state index in [4.69, 9.17) is 20.1 Å². The number of esters is 1. The minimum Gasteiger partial charge on any atom is -0.494 e. The first kappa shape index (κ1) is 21.0. The van der Waals surface area contributed by atoms with Crippen molar-refractivity contribution in [3.05, 3.63) is 29.8 Å². The van der Waals surface area contributed by atoms with Crippen LogP contribution in [0.25, 0.3) is 0 Å². The standard InChI is InChI=1S/C19H22N2O5/c1-3-10-25-15-6-4-14(5-7-15)17(22)8-9-19(24)26-12-18(23)16(11-20)13(2)21/h4-7,16,21H,3,8-10,12H2,1-2H3/t16-/m0/s1. The lowest BCUT2D eigenvalue weighted by atomic mass is 10.0. The fourth-order valence-corrected chi connectivity index (χ4v) is 2.03. The van der Waals surface area contributed by atoms with Gasteiger partial charge in [0.2, 0.25) is 0 Å². The van der Waals surface area contributed by atoms with Crippen LogP contribution in [0.1, 0.15) is 43.5 Å². The molecular weight excluding hydrogens is 336 g/mol. The van der Waals surface area contributed by atoms with Gasteiger partial charge >= 0.3 is 5.97 Å². The molecule has 7 heteroatoms. The molecule has 0 unspecified atom stereocenters. The lowest BCUT2D eigenvalue weighted by Gasteiger charge is -2.08. The third kappa shape index (κ3) is 6.85. The molecule has 1 atom stereocenters. The fourth-order valence-electron chi connectivity index (χ4n) is 2.03. The molecule has 138 valence electrons. The van der Waals surface area contributed by atoms with Crippen LogP contribution >= 0.6 is 0 Å². The van der Waals surface area contributed by atoms with Gasteiger partial charge in [-0.25, -0.2) is 0 Å². The normalized spacial score (nSPS) is 11.1. The molecular formula is C19H22N2O5. The number of ketones is 2. The van der Waals surface area contributed by atoms with Crippen molar-refractivity contribution >= 4 is 23.2 Å². The number of benzene rings is 1. The molecule has 0 amide bonds. The van der Waals surface area contributed by atoms with Crippen LogP contribution in [0.5, 0.6) is 5.75 Å². The van der Waals surface area contributed by atoms with E-state index in [2.05, 4.69) is 0 Å². The molecule has 0 fully saturated rings. The zero-order valence-corrected chi connectivity index (χ0v) is 14.9. The lowest BCUT2D eigenvalue weighted by Crippen LogP contribution is -2.25. The topological polar surface area (TPSA) is 117 Å². The van der Waals surface area contributed by atoms with Crippen molar-refractivity contribution in [1.82, 2.24) is 0 Å². The third-order valence-electron chi connectivity index (χ3n) is 3.46. The number of carbonyl (C=O) groups excluding carboxylic acids is 3. The Morgan fingerprint density at radius 2 is 1.85 bits per heavy atom. The van der Waals surface area contributed by atoms with Gasteiger partial charge in [-0.3, -0.25) is 14.4 Å². The van der Waals surface area contributed by atoms with Crippen LogP contribution in [0.4, 0.5) is 0 Å². The zero-order valence-electron chi connectivity index (χ0n) is 14.9. The van der Waals surface area contributed by atoms with E-state index in [1.807, 2.05) is 6.92 Å². The molecule has 0 spiro atoms. The molecule has 0 saturated heterocycles. The van der Waals surface area contributed by atoms with Crippen LogP contribution in [0, 0.1) is 22.7 Å². The quantitative estimate of drug-likeness (QED) is 0.369. The van der Waals surface area contributed by atoms with Crippen LogP contribution in [0.2, 0.25) is 0 Å². The Hall–Kier alpha value is -3.01. The summed E-state index contributed by atoms with van der Waals surface area (Å²) < 4.78 is 10.2. The number of nitriles is 1. The predicted molar refractivity (Wildman–Crippen MR) is 94.3 cm³/mol. The number of nitrogens with zero attached hydrogens (tertiary/aromatic N) is 1. The van der Waals surface area contributed by atoms with Crippen molar-refractivity contribution in [2.45, 2.75) is 33.1 Å². The highest BCUT2D eigenvalue weighted by atomic mass is 16.5. The summed E-state index contributed by atoms with van der Waals surface area (Å²) >= 11 is 0. The zero-order chi connectivity index (χ0) is 19.5. The summed E-state index contributed by atoms with van der Waals surface area (Å²) in [7, 11) is 0. The minimum absolute atomic E-state index is 0.0482. The van der Waals surface area contributed by atoms with Crippen molar-refractivity contribution < 1.29 is 23.9 Å². The number of ether oxygens (including phenoxy) is 2. The molecule has 1 rings (SSSR count). The number of nitrogens with one attached hydrogen (secondary N) is 1. The van der Waals surface area contributed by atoms with E-state index in [1.165, 1.54) is 6.92 Å². The van der Waals surface area contributed by atoms with Gasteiger partial charge in [0, 0.05) is 17.7 Å². The number of hydrogen-bond acceptors (Lipinski definition) is 7. The van der Waals surface area contributed by atoms with Crippen LogP contribution < -0.4 is 4.74 Å². The van der Waals surface area contributed by atoms with Gasteiger partial charge in [0.25, 0.3) is 0 Å². The van der Waals surface area contributed by atoms with Crippen LogP contribution in [0.15, 0.2) is 24.3 Å². The smallest absolute Gasteiger partial charge is 0.306 e. The van der Waals surface area contributed by atoms with Gasteiger partial charge in [-0.1, -0.05) is 6.92 Å². The Bertz CT molecular complexity index is 704. The summed E-state index contributed by atoms with van der Waals surface area (Å²) in [4.78, 5) is 35.4. The second-order valence-corrected chi connectivity index (χ2v) is 5.67. The van der Waals surface area contributed by atoms with Gasteiger partial charge in [0.1, 0.15) is 11.7 Å². The van der Waals surface area contributed by atoms with Gasteiger partial charge < -0.3 is 14.9 Å². The Labute approximate surface area is 152 Å². The molecule has 1 N–H and O–H groups in total. The molecule has 0 aliphatic rings. The third-order valence-corrected chi connectivity index (χ3v) is 3.46. The molecule has 7 nitrogen and oxygen atoms in total. The van der Waals surface area contributed by atoms with Crippen LogP contribution in [-0.4, -0.2) is 36.5 Å². The van der Waals surface area contributed by atoms with Crippen LogP contribution in [0.3, 0.4) is 0 Å². The first-order chi connectivity index (χ1) is 12.4. The summed E-state index contributed by atoms with van der Waals surface area (Å²) in [6.07, 6.45) is 0.675. The second kappa shape index (κ2) is 10.8. The molecule has 26 heavy (non-hydrogen) atoms. The predicted octanol–water partition coefficient (Wildman–Crippen LogP) is 2.73. The van der Waals surface area contributed by atoms with E-state index in [9.17, 15) is 14.4 Å². The van der Waals surface area contributed by atoms with Gasteiger partial charge in [0.05, 0.1) is 19.1 Å². The number of carbonyl (C=O) groups is 3. The van der Waals surface area contributed by atoms with E-state index >= 15 is 0 Å². The maximum atomic E-state index is 12.1. The van der Waals surface area contributed by atoms with E-state index in [-0.39, 0.29) is 24.3 Å². The summed E-state index contributed by atoms with van der Waals surface area (Å²) in [5.74, 6) is -2.11. The number of hydrogen-bond donors (Lipinski definition) is 1. The Kier molecular flexibility index (Phi) is 8.71. The lowest BCUT2D eigenvalue weighted by molar-refractivity contribution is -0.148. The average molecular weight is 358 g/mol. The molecule has 1 aromatic rings. The van der Waals surface area contributed by atoms with E-state index in [1.54, 1.807) is 30.3 Å². The van der Waals surface area contributed by atoms with Crippen molar-refractivity contribution in [3.8, 4) is 11.8 Å². The molecule has 0 radical (unpaired) electrons. The summed E-state index contributed by atoms with van der Waals surface area (Å²) in [5.41, 5.74) is 0.358. The molecule has 1 aromatic carbocycles. The molecule has 0 saturated carbocycles. The van der Waals surface area contributed by atoms with Crippen molar-refractivity contribution in [1.29, 1.82) is 10.7 Å². The van der Waals surface area contributed by atoms with Crippen LogP contribution in [-0.2, 0) is 14.3 Å². The maximum Gasteiger partial charge on any atom is 0.306 e. The largest absolute Gasteiger partial charge is 0.494 e. The Morgan fingerprint density at radius 1 is 1.19 bits per heavy atom. The average Bonchev–Trinajstić information content (AvgIpc) is 2.63. The molecule has 0 aliphatic carbocycles. The van der Waals surface area contributed by atoms with Gasteiger partial charge in [-0.15, -0.1) is 0 Å².